The zero-order chi connectivity index (χ0) is 12.1. The van der Waals surface area contributed by atoms with Gasteiger partial charge in [0, 0.05) is 18.2 Å². The highest BCUT2D eigenvalue weighted by Crippen LogP contribution is 2.51. The average molecular weight is 236 g/mol. The number of azo groups is 1. The molecule has 0 spiro atoms. The molecule has 86 valence electrons. The van der Waals surface area contributed by atoms with Crippen molar-refractivity contribution in [2.45, 2.75) is 6.42 Å². The van der Waals surface area contributed by atoms with Gasteiger partial charge in [0.2, 0.25) is 0 Å². The van der Waals surface area contributed by atoms with E-state index in [4.69, 9.17) is 0 Å². The first-order chi connectivity index (χ1) is 8.83. The third-order valence-corrected chi connectivity index (χ3v) is 3.12. The van der Waals surface area contributed by atoms with Crippen LogP contribution in [0.15, 0.2) is 68.8 Å². The maximum absolute atomic E-state index is 12.1. The molecular formula is C13H8N4O. The van der Waals surface area contributed by atoms with E-state index in [1.54, 1.807) is 18.3 Å². The molecule has 1 amide bonds. The maximum atomic E-state index is 12.1. The van der Waals surface area contributed by atoms with Crippen molar-refractivity contribution in [1.82, 2.24) is 4.98 Å². The van der Waals surface area contributed by atoms with Crippen LogP contribution in [-0.4, -0.2) is 10.9 Å². The minimum atomic E-state index is -0.263. The van der Waals surface area contributed by atoms with Gasteiger partial charge in [0.1, 0.15) is 5.82 Å². The summed E-state index contributed by atoms with van der Waals surface area (Å²) in [4.78, 5) is 16.1. The van der Waals surface area contributed by atoms with Crippen LogP contribution in [0.1, 0.15) is 6.42 Å². The Labute approximate surface area is 103 Å². The number of rotatable bonds is 2. The van der Waals surface area contributed by atoms with Crippen molar-refractivity contribution >= 4 is 11.7 Å². The zero-order valence-electron chi connectivity index (χ0n) is 9.34. The van der Waals surface area contributed by atoms with Gasteiger partial charge >= 0.3 is 0 Å². The third kappa shape index (κ3) is 1.27. The van der Waals surface area contributed by atoms with E-state index in [9.17, 15) is 4.79 Å². The lowest BCUT2D eigenvalue weighted by Crippen LogP contribution is -2.14. The summed E-state index contributed by atoms with van der Waals surface area (Å²) in [6, 6.07) is 5.35. The average Bonchev–Trinajstić information content (AvgIpc) is 2.86. The van der Waals surface area contributed by atoms with Gasteiger partial charge in [-0.3, -0.25) is 4.79 Å². The quantitative estimate of drug-likeness (QED) is 0.856. The van der Waals surface area contributed by atoms with Crippen molar-refractivity contribution < 1.29 is 4.79 Å². The van der Waals surface area contributed by atoms with Gasteiger partial charge in [-0.15, -0.1) is 10.2 Å². The number of hydrogen-bond acceptors (Lipinski definition) is 4. The predicted molar refractivity (Wildman–Crippen MR) is 64.5 cm³/mol. The monoisotopic (exact) mass is 236 g/mol. The van der Waals surface area contributed by atoms with Crippen molar-refractivity contribution in [1.29, 1.82) is 0 Å². The molecule has 0 atom stereocenters. The molecule has 1 aliphatic heterocycles. The van der Waals surface area contributed by atoms with E-state index in [2.05, 4.69) is 20.5 Å². The van der Waals surface area contributed by atoms with Gasteiger partial charge in [-0.2, -0.15) is 0 Å². The first-order valence-electron chi connectivity index (χ1n) is 5.66. The third-order valence-electron chi connectivity index (χ3n) is 3.12. The van der Waals surface area contributed by atoms with E-state index in [-0.39, 0.29) is 5.91 Å². The summed E-state index contributed by atoms with van der Waals surface area (Å²) in [5.74, 6) is 0.254. The van der Waals surface area contributed by atoms with Crippen molar-refractivity contribution in [2.75, 3.05) is 5.32 Å². The normalized spacial score (nSPS) is 18.8. The summed E-state index contributed by atoms with van der Waals surface area (Å²) in [5.41, 5.74) is 4.61. The number of carbonyl (C=O) groups excluding carboxylic acids is 1. The molecule has 3 aliphatic rings. The van der Waals surface area contributed by atoms with Gasteiger partial charge in [0.15, 0.2) is 5.70 Å². The van der Waals surface area contributed by atoms with Gasteiger partial charge < -0.3 is 5.32 Å². The van der Waals surface area contributed by atoms with Crippen LogP contribution < -0.4 is 5.32 Å². The Balaban J connectivity index is 1.64. The summed E-state index contributed by atoms with van der Waals surface area (Å²) < 4.78 is 0. The molecule has 0 saturated heterocycles. The first-order valence-corrected chi connectivity index (χ1v) is 5.66. The van der Waals surface area contributed by atoms with E-state index in [0.717, 1.165) is 17.7 Å². The molecule has 4 rings (SSSR count). The molecule has 0 aromatic carbocycles. The molecule has 5 heteroatoms. The molecule has 1 saturated carbocycles. The second-order valence-electron chi connectivity index (χ2n) is 4.30. The minimum Gasteiger partial charge on any atom is -0.305 e. The summed E-state index contributed by atoms with van der Waals surface area (Å²) in [6.07, 6.45) is 4.62. The molecule has 2 heterocycles. The molecule has 2 aliphatic carbocycles. The van der Waals surface area contributed by atoms with E-state index < -0.39 is 0 Å². The Kier molecular flexibility index (Phi) is 1.70. The molecule has 1 aromatic rings. The lowest BCUT2D eigenvalue weighted by molar-refractivity contribution is -0.112. The van der Waals surface area contributed by atoms with Crippen LogP contribution in [-0.2, 0) is 4.79 Å². The highest BCUT2D eigenvalue weighted by atomic mass is 16.2. The molecule has 0 bridgehead atoms. The van der Waals surface area contributed by atoms with Crippen LogP contribution in [0.2, 0.25) is 0 Å². The van der Waals surface area contributed by atoms with E-state index in [1.807, 2.05) is 12.1 Å². The Hall–Kier alpha value is -2.56. The zero-order valence-corrected chi connectivity index (χ0v) is 9.34. The number of aromatic nitrogens is 1. The van der Waals surface area contributed by atoms with E-state index in [1.165, 1.54) is 11.1 Å². The van der Waals surface area contributed by atoms with Crippen LogP contribution >= 0.6 is 0 Å². The second-order valence-corrected chi connectivity index (χ2v) is 4.30. The molecule has 1 aromatic heterocycles. The lowest BCUT2D eigenvalue weighted by atomic mass is 10.1. The van der Waals surface area contributed by atoms with Crippen LogP contribution in [0.5, 0.6) is 0 Å². The number of nitrogens with one attached hydrogen (secondary N) is 1. The van der Waals surface area contributed by atoms with E-state index >= 15 is 0 Å². The molecule has 0 radical (unpaired) electrons. The first kappa shape index (κ1) is 9.47. The maximum Gasteiger partial charge on any atom is 0.278 e. The van der Waals surface area contributed by atoms with Gasteiger partial charge in [-0.05, 0) is 29.4 Å². The number of amides is 1. The summed E-state index contributed by atoms with van der Waals surface area (Å²) in [6.45, 7) is 0. The second kappa shape index (κ2) is 3.22. The number of allylic oxidation sites excluding steroid dienone is 3. The van der Waals surface area contributed by atoms with Gasteiger partial charge in [0.25, 0.3) is 5.91 Å². The van der Waals surface area contributed by atoms with Crippen molar-refractivity contribution in [3.8, 4) is 0 Å². The Bertz CT molecular complexity index is 695. The van der Waals surface area contributed by atoms with Crippen molar-refractivity contribution in [3.05, 3.63) is 58.6 Å². The van der Waals surface area contributed by atoms with Crippen LogP contribution in [0.4, 0.5) is 5.82 Å². The standard InChI is InChI=1S/C13H8N4O/c18-13(15-10-3-1-2-4-14-10)12-9-6-7-5-8(7)11(9)16-17-12/h1-4,6H,5H2,(H,14,15,18). The number of fused-ring (bicyclic) bond motifs is 2. The largest absolute Gasteiger partial charge is 0.305 e. The van der Waals surface area contributed by atoms with Gasteiger partial charge in [-0.1, -0.05) is 6.07 Å². The topological polar surface area (TPSA) is 66.7 Å². The summed E-state index contributed by atoms with van der Waals surface area (Å²) in [7, 11) is 0. The van der Waals surface area contributed by atoms with Crippen molar-refractivity contribution in [2.24, 2.45) is 10.2 Å². The molecular weight excluding hydrogens is 228 g/mol. The highest BCUT2D eigenvalue weighted by molar-refractivity contribution is 6.05. The number of nitrogens with zero attached hydrogens (tertiary/aromatic N) is 3. The number of carbonyl (C=O) groups is 1. The number of hydrogen-bond donors (Lipinski definition) is 1. The van der Waals surface area contributed by atoms with Crippen LogP contribution in [0.3, 0.4) is 0 Å². The lowest BCUT2D eigenvalue weighted by Gasteiger charge is -2.02. The smallest absolute Gasteiger partial charge is 0.278 e. The highest BCUT2D eigenvalue weighted by Gasteiger charge is 2.38. The number of anilines is 1. The number of pyridine rings is 1. The predicted octanol–water partition coefficient (Wildman–Crippen LogP) is 2.34. The molecule has 1 N–H and O–H groups in total. The van der Waals surface area contributed by atoms with Crippen LogP contribution in [0, 0.1) is 0 Å². The summed E-state index contributed by atoms with van der Waals surface area (Å²) in [5, 5.41) is 10.7. The van der Waals surface area contributed by atoms with E-state index in [0.29, 0.717) is 11.5 Å². The molecule has 5 nitrogen and oxygen atoms in total. The Morgan fingerprint density at radius 1 is 1.28 bits per heavy atom. The van der Waals surface area contributed by atoms with Gasteiger partial charge in [-0.25, -0.2) is 4.98 Å². The Morgan fingerprint density at radius 2 is 2.22 bits per heavy atom. The SMILES string of the molecule is O=C(Nc1ccccn1)C1=C2C=C3CC3=C2N=N1. The molecule has 0 unspecified atom stereocenters. The summed E-state index contributed by atoms with van der Waals surface area (Å²) >= 11 is 0. The fraction of sp³-hybridized carbons (Fsp3) is 0.0769. The van der Waals surface area contributed by atoms with Crippen LogP contribution in [0.25, 0.3) is 0 Å². The van der Waals surface area contributed by atoms with Crippen molar-refractivity contribution in [3.63, 3.8) is 0 Å². The fourth-order valence-corrected chi connectivity index (χ4v) is 2.15. The fourth-order valence-electron chi connectivity index (χ4n) is 2.15. The Morgan fingerprint density at radius 3 is 3.06 bits per heavy atom. The van der Waals surface area contributed by atoms with Gasteiger partial charge in [0.05, 0.1) is 5.70 Å². The molecule has 18 heavy (non-hydrogen) atoms. The molecule has 1 fully saturated rings. The minimum absolute atomic E-state index is 0.263.